The quantitative estimate of drug-likeness (QED) is 0.529. The number of aryl methyl sites for hydroxylation is 1. The summed E-state index contributed by atoms with van der Waals surface area (Å²) in [6.07, 6.45) is -2.07. The first-order valence-electron chi connectivity index (χ1n) is 10.8. The van der Waals surface area contributed by atoms with Crippen LogP contribution in [0, 0.1) is 12.8 Å². The van der Waals surface area contributed by atoms with Gasteiger partial charge < -0.3 is 23.7 Å². The minimum atomic E-state index is -4.51. The Bertz CT molecular complexity index is 929. The fourth-order valence-corrected chi connectivity index (χ4v) is 3.92. The van der Waals surface area contributed by atoms with Gasteiger partial charge in [0.25, 0.3) is 0 Å². The minimum absolute atomic E-state index is 0.0197. The van der Waals surface area contributed by atoms with Crippen molar-refractivity contribution in [1.82, 2.24) is 4.98 Å². The number of carbonyl (C=O) groups is 1. The zero-order chi connectivity index (χ0) is 24.0. The van der Waals surface area contributed by atoms with Gasteiger partial charge in [0.05, 0.1) is 24.9 Å². The van der Waals surface area contributed by atoms with Crippen molar-refractivity contribution in [3.8, 4) is 11.5 Å². The number of rotatable bonds is 10. The smallest absolute Gasteiger partial charge is 0.417 e. The van der Waals surface area contributed by atoms with E-state index < -0.39 is 23.8 Å². The average Bonchev–Trinajstić information content (AvgIpc) is 3.15. The Morgan fingerprint density at radius 1 is 1.30 bits per heavy atom. The number of hydrogen-bond acceptors (Lipinski definition) is 6. The van der Waals surface area contributed by atoms with Gasteiger partial charge in [-0.1, -0.05) is 18.6 Å². The van der Waals surface area contributed by atoms with Crippen LogP contribution in [0.25, 0.3) is 11.5 Å². The SMILES string of the molecule is COC(COCC1CCC[C@H](OCc2nc(-c3ccccc3C(F)(F)F)oc2C)C1)C(=O)O. The average molecular weight is 471 g/mol. The Balaban J connectivity index is 1.56. The highest BCUT2D eigenvalue weighted by Crippen LogP contribution is 2.37. The van der Waals surface area contributed by atoms with Crippen molar-refractivity contribution in [2.24, 2.45) is 5.92 Å². The monoisotopic (exact) mass is 471 g/mol. The number of carboxylic acids is 1. The standard InChI is InChI=1S/C23H28F3NO6/c1-14-19(27-21(33-14)17-8-3-4-9-18(17)23(24,25)26)12-32-16-7-5-6-15(10-16)11-31-13-20(30-2)22(28)29/h3-4,8-9,15-16,20H,5-7,10-13H2,1-2H3,(H,28,29)/t15?,16-,20?/m0/s1. The molecule has 0 aliphatic heterocycles. The summed E-state index contributed by atoms with van der Waals surface area (Å²) in [6.45, 7) is 2.17. The summed E-state index contributed by atoms with van der Waals surface area (Å²) in [6, 6.07) is 5.17. The van der Waals surface area contributed by atoms with Crippen molar-refractivity contribution >= 4 is 5.97 Å². The van der Waals surface area contributed by atoms with Crippen molar-refractivity contribution in [1.29, 1.82) is 0 Å². The summed E-state index contributed by atoms with van der Waals surface area (Å²) in [5.74, 6) is -0.512. The third-order valence-electron chi connectivity index (χ3n) is 5.73. The Morgan fingerprint density at radius 2 is 2.06 bits per heavy atom. The van der Waals surface area contributed by atoms with Gasteiger partial charge in [0, 0.05) is 19.3 Å². The largest absolute Gasteiger partial charge is 0.479 e. The number of halogens is 3. The van der Waals surface area contributed by atoms with E-state index >= 15 is 0 Å². The molecule has 3 rings (SSSR count). The lowest BCUT2D eigenvalue weighted by Crippen LogP contribution is -2.30. The first-order valence-corrected chi connectivity index (χ1v) is 10.8. The number of benzene rings is 1. The summed E-state index contributed by atoms with van der Waals surface area (Å²) in [5.41, 5.74) is -0.442. The third kappa shape index (κ3) is 6.78. The highest BCUT2D eigenvalue weighted by Gasteiger charge is 2.35. The molecule has 2 aromatic rings. The molecule has 2 unspecified atom stereocenters. The van der Waals surface area contributed by atoms with Gasteiger partial charge in [-0.3, -0.25) is 0 Å². The number of hydrogen-bond donors (Lipinski definition) is 1. The predicted molar refractivity (Wildman–Crippen MR) is 111 cm³/mol. The number of nitrogens with zero attached hydrogens (tertiary/aromatic N) is 1. The highest BCUT2D eigenvalue weighted by atomic mass is 19.4. The van der Waals surface area contributed by atoms with E-state index in [-0.39, 0.29) is 36.7 Å². The second kappa shape index (κ2) is 11.1. The molecule has 0 amide bonds. The van der Waals surface area contributed by atoms with E-state index in [0.717, 1.165) is 31.7 Å². The molecule has 1 aliphatic rings. The Hall–Kier alpha value is -2.43. The zero-order valence-corrected chi connectivity index (χ0v) is 18.6. The van der Waals surface area contributed by atoms with E-state index in [4.69, 9.17) is 23.7 Å². The molecule has 3 atom stereocenters. The van der Waals surface area contributed by atoms with Gasteiger partial charge in [-0.2, -0.15) is 13.2 Å². The maximum Gasteiger partial charge on any atom is 0.417 e. The lowest BCUT2D eigenvalue weighted by Gasteiger charge is -2.29. The molecule has 33 heavy (non-hydrogen) atoms. The predicted octanol–water partition coefficient (Wildman–Crippen LogP) is 4.86. The molecule has 0 saturated heterocycles. The van der Waals surface area contributed by atoms with E-state index in [2.05, 4.69) is 4.98 Å². The van der Waals surface area contributed by atoms with Crippen molar-refractivity contribution in [2.45, 2.75) is 57.6 Å². The molecule has 0 spiro atoms. The van der Waals surface area contributed by atoms with Crippen LogP contribution in [0.2, 0.25) is 0 Å². The molecule has 1 aliphatic carbocycles. The zero-order valence-electron chi connectivity index (χ0n) is 18.6. The van der Waals surface area contributed by atoms with Crippen LogP contribution in [-0.2, 0) is 31.8 Å². The maximum absolute atomic E-state index is 13.3. The molecule has 0 radical (unpaired) electrons. The van der Waals surface area contributed by atoms with Crippen molar-refractivity contribution in [2.75, 3.05) is 20.3 Å². The lowest BCUT2D eigenvalue weighted by atomic mass is 9.88. The molecular weight excluding hydrogens is 443 g/mol. The van der Waals surface area contributed by atoms with Gasteiger partial charge in [0.1, 0.15) is 11.5 Å². The Morgan fingerprint density at radius 3 is 2.76 bits per heavy atom. The second-order valence-corrected chi connectivity index (χ2v) is 8.13. The Kier molecular flexibility index (Phi) is 8.50. The second-order valence-electron chi connectivity index (χ2n) is 8.13. The molecule has 1 saturated carbocycles. The van der Waals surface area contributed by atoms with Crippen molar-refractivity contribution < 1.29 is 41.7 Å². The topological polar surface area (TPSA) is 91.0 Å². The number of ether oxygens (including phenoxy) is 3. The highest BCUT2D eigenvalue weighted by molar-refractivity contribution is 5.72. The maximum atomic E-state index is 13.3. The molecule has 182 valence electrons. The molecular formula is C23H28F3NO6. The number of alkyl halides is 3. The van der Waals surface area contributed by atoms with Crippen LogP contribution in [-0.4, -0.2) is 48.6 Å². The van der Waals surface area contributed by atoms with Crippen LogP contribution in [0.3, 0.4) is 0 Å². The number of methoxy groups -OCH3 is 1. The fraction of sp³-hybridized carbons (Fsp3) is 0.565. The normalized spacial score (nSPS) is 20.0. The molecule has 1 heterocycles. The van der Waals surface area contributed by atoms with Crippen LogP contribution in [0.4, 0.5) is 13.2 Å². The summed E-state index contributed by atoms with van der Waals surface area (Å²) < 4.78 is 61.9. The molecule has 7 nitrogen and oxygen atoms in total. The van der Waals surface area contributed by atoms with E-state index in [1.54, 1.807) is 6.92 Å². The van der Waals surface area contributed by atoms with Gasteiger partial charge >= 0.3 is 12.1 Å². The molecule has 1 aromatic heterocycles. The van der Waals surface area contributed by atoms with Crippen LogP contribution >= 0.6 is 0 Å². The van der Waals surface area contributed by atoms with E-state index in [0.29, 0.717) is 18.1 Å². The minimum Gasteiger partial charge on any atom is -0.479 e. The summed E-state index contributed by atoms with van der Waals surface area (Å²) in [5, 5.41) is 8.99. The van der Waals surface area contributed by atoms with E-state index in [1.165, 1.54) is 25.3 Å². The Labute approximate surface area is 189 Å². The van der Waals surface area contributed by atoms with Crippen LogP contribution in [0.5, 0.6) is 0 Å². The lowest BCUT2D eigenvalue weighted by molar-refractivity contribution is -0.152. The molecule has 0 bridgehead atoms. The molecule has 1 fully saturated rings. The third-order valence-corrected chi connectivity index (χ3v) is 5.73. The van der Waals surface area contributed by atoms with Gasteiger partial charge in [-0.05, 0) is 44.2 Å². The van der Waals surface area contributed by atoms with Crippen LogP contribution in [0.1, 0.15) is 42.7 Å². The number of carboxylic acid groups (broad SMARTS) is 1. The van der Waals surface area contributed by atoms with Gasteiger partial charge in [0.15, 0.2) is 6.10 Å². The van der Waals surface area contributed by atoms with Crippen molar-refractivity contribution in [3.05, 3.63) is 41.3 Å². The van der Waals surface area contributed by atoms with Gasteiger partial charge in [0.2, 0.25) is 5.89 Å². The number of aliphatic carboxylic acids is 1. The van der Waals surface area contributed by atoms with Crippen LogP contribution in [0.15, 0.2) is 28.7 Å². The summed E-state index contributed by atoms with van der Waals surface area (Å²) in [7, 11) is 1.33. The summed E-state index contributed by atoms with van der Waals surface area (Å²) in [4.78, 5) is 15.2. The molecule has 10 heteroatoms. The van der Waals surface area contributed by atoms with Crippen molar-refractivity contribution in [3.63, 3.8) is 0 Å². The van der Waals surface area contributed by atoms with Gasteiger partial charge in [-0.25, -0.2) is 9.78 Å². The first kappa shape index (κ1) is 25.2. The first-order chi connectivity index (χ1) is 15.7. The van der Waals surface area contributed by atoms with Crippen LogP contribution < -0.4 is 0 Å². The molecule has 1 N–H and O–H groups in total. The molecule has 1 aromatic carbocycles. The van der Waals surface area contributed by atoms with Gasteiger partial charge in [-0.15, -0.1) is 0 Å². The summed E-state index contributed by atoms with van der Waals surface area (Å²) >= 11 is 0. The van der Waals surface area contributed by atoms with E-state index in [1.807, 2.05) is 0 Å². The fourth-order valence-electron chi connectivity index (χ4n) is 3.92. The number of oxazole rings is 1. The number of aromatic nitrogens is 1. The van der Waals surface area contributed by atoms with E-state index in [9.17, 15) is 18.0 Å².